The van der Waals surface area contributed by atoms with Gasteiger partial charge in [-0.1, -0.05) is 35.1 Å². The molecule has 0 bridgehead atoms. The molecule has 0 aliphatic rings. The van der Waals surface area contributed by atoms with Gasteiger partial charge in [-0.15, -0.1) is 0 Å². The van der Waals surface area contributed by atoms with Gasteiger partial charge in [-0.05, 0) is 18.2 Å². The lowest BCUT2D eigenvalue weighted by Gasteiger charge is -2.08. The Kier molecular flexibility index (Phi) is 3.87. The van der Waals surface area contributed by atoms with Crippen LogP contribution in [0.25, 0.3) is 10.2 Å². The maximum absolute atomic E-state index is 12.3. The molecule has 5 nitrogen and oxygen atoms in total. The number of fused-ring (bicyclic) bond motifs is 1. The zero-order valence-corrected chi connectivity index (χ0v) is 13.2. The Hall–Kier alpha value is -2.31. The van der Waals surface area contributed by atoms with E-state index in [9.17, 15) is 4.79 Å². The third kappa shape index (κ3) is 2.70. The Balaban J connectivity index is 1.97. The summed E-state index contributed by atoms with van der Waals surface area (Å²) in [5.74, 6) is 0.268. The van der Waals surface area contributed by atoms with Crippen molar-refractivity contribution in [3.05, 3.63) is 47.0 Å². The van der Waals surface area contributed by atoms with Crippen molar-refractivity contribution in [1.82, 2.24) is 4.98 Å². The number of benzene rings is 2. The number of carbonyl (C=O) groups is 1. The summed E-state index contributed by atoms with van der Waals surface area (Å²) in [4.78, 5) is 16.5. The van der Waals surface area contributed by atoms with Gasteiger partial charge in [0.05, 0.1) is 22.4 Å². The fourth-order valence-electron chi connectivity index (χ4n) is 2.09. The van der Waals surface area contributed by atoms with Crippen molar-refractivity contribution in [2.45, 2.75) is 0 Å². The van der Waals surface area contributed by atoms with E-state index in [4.69, 9.17) is 22.1 Å². The second-order valence-electron chi connectivity index (χ2n) is 4.51. The van der Waals surface area contributed by atoms with Crippen LogP contribution in [0.3, 0.4) is 0 Å². The molecule has 0 spiro atoms. The molecule has 2 aromatic carbocycles. The van der Waals surface area contributed by atoms with E-state index in [-0.39, 0.29) is 5.91 Å². The number of rotatable bonds is 3. The smallest absolute Gasteiger partial charge is 0.257 e. The van der Waals surface area contributed by atoms with Crippen molar-refractivity contribution >= 4 is 49.9 Å². The maximum Gasteiger partial charge on any atom is 0.257 e. The van der Waals surface area contributed by atoms with E-state index in [1.165, 1.54) is 11.3 Å². The van der Waals surface area contributed by atoms with Gasteiger partial charge in [-0.2, -0.15) is 0 Å². The zero-order valence-electron chi connectivity index (χ0n) is 11.6. The number of hydrogen-bond acceptors (Lipinski definition) is 5. The van der Waals surface area contributed by atoms with Crippen molar-refractivity contribution in [3.63, 3.8) is 0 Å². The van der Waals surface area contributed by atoms with Gasteiger partial charge in [0.25, 0.3) is 5.91 Å². The highest BCUT2D eigenvalue weighted by atomic mass is 35.5. The van der Waals surface area contributed by atoms with Crippen LogP contribution in [-0.4, -0.2) is 18.0 Å². The number of nitrogens with one attached hydrogen (secondary N) is 1. The van der Waals surface area contributed by atoms with Crippen LogP contribution >= 0.6 is 22.9 Å². The van der Waals surface area contributed by atoms with Crippen LogP contribution in [0.4, 0.5) is 10.8 Å². The highest BCUT2D eigenvalue weighted by Gasteiger charge is 2.13. The summed E-state index contributed by atoms with van der Waals surface area (Å²) in [6.07, 6.45) is 0. The van der Waals surface area contributed by atoms with Crippen molar-refractivity contribution in [1.29, 1.82) is 0 Å². The number of amides is 1. The van der Waals surface area contributed by atoms with Crippen molar-refractivity contribution in [2.75, 3.05) is 18.2 Å². The highest BCUT2D eigenvalue weighted by molar-refractivity contribution is 7.22. The average molecular weight is 334 g/mol. The van der Waals surface area contributed by atoms with E-state index in [0.717, 1.165) is 4.70 Å². The van der Waals surface area contributed by atoms with Crippen LogP contribution in [-0.2, 0) is 0 Å². The number of aromatic nitrogens is 1. The summed E-state index contributed by atoms with van der Waals surface area (Å²) in [6, 6.07) is 10.4. The van der Waals surface area contributed by atoms with Gasteiger partial charge in [0.1, 0.15) is 11.3 Å². The van der Waals surface area contributed by atoms with Crippen molar-refractivity contribution < 1.29 is 9.53 Å². The molecule has 1 aromatic heterocycles. The van der Waals surface area contributed by atoms with Crippen LogP contribution in [0.5, 0.6) is 5.75 Å². The number of nitrogen functional groups attached to an aromatic ring is 1. The minimum atomic E-state index is -0.288. The number of halogens is 1. The molecule has 0 fully saturated rings. The molecule has 0 saturated heterocycles. The van der Waals surface area contributed by atoms with E-state index in [1.807, 2.05) is 0 Å². The van der Waals surface area contributed by atoms with Gasteiger partial charge in [0, 0.05) is 11.8 Å². The number of ether oxygens (including phenoxy) is 1. The van der Waals surface area contributed by atoms with Crippen molar-refractivity contribution in [2.24, 2.45) is 0 Å². The van der Waals surface area contributed by atoms with Gasteiger partial charge in [0.2, 0.25) is 0 Å². The lowest BCUT2D eigenvalue weighted by Crippen LogP contribution is -2.12. The molecule has 22 heavy (non-hydrogen) atoms. The maximum atomic E-state index is 12.3. The topological polar surface area (TPSA) is 77.2 Å². The number of hydrogen-bond donors (Lipinski definition) is 2. The molecule has 3 aromatic rings. The molecule has 0 unspecified atom stereocenters. The summed E-state index contributed by atoms with van der Waals surface area (Å²) in [5, 5.41) is 3.66. The van der Waals surface area contributed by atoms with Gasteiger partial charge < -0.3 is 15.8 Å². The first-order valence-corrected chi connectivity index (χ1v) is 7.58. The number of methoxy groups -OCH3 is 1. The van der Waals surface area contributed by atoms with Crippen LogP contribution in [0.1, 0.15) is 10.4 Å². The minimum absolute atomic E-state index is 0.288. The Labute approximate surface area is 135 Å². The molecule has 0 aliphatic heterocycles. The fraction of sp³-hybridized carbons (Fsp3) is 0.0667. The summed E-state index contributed by atoms with van der Waals surface area (Å²) >= 11 is 7.36. The van der Waals surface area contributed by atoms with Gasteiger partial charge in [-0.25, -0.2) is 4.98 Å². The predicted molar refractivity (Wildman–Crippen MR) is 90.0 cm³/mol. The van der Waals surface area contributed by atoms with E-state index in [0.29, 0.717) is 32.7 Å². The average Bonchev–Trinajstić information content (AvgIpc) is 2.87. The molecule has 0 aliphatic carbocycles. The zero-order chi connectivity index (χ0) is 15.7. The number of nitrogens with two attached hydrogens (primary N) is 1. The number of anilines is 2. The summed E-state index contributed by atoms with van der Waals surface area (Å²) in [6.45, 7) is 0. The molecule has 3 N–H and O–H groups in total. The molecular formula is C15H12ClN3O2S. The molecule has 112 valence electrons. The van der Waals surface area contributed by atoms with E-state index < -0.39 is 0 Å². The molecule has 3 rings (SSSR count). The molecule has 0 atom stereocenters. The van der Waals surface area contributed by atoms with E-state index in [2.05, 4.69) is 10.3 Å². The first-order chi connectivity index (χ1) is 10.6. The number of carbonyl (C=O) groups excluding carboxylic acids is 1. The van der Waals surface area contributed by atoms with Crippen LogP contribution < -0.4 is 15.8 Å². The highest BCUT2D eigenvalue weighted by Crippen LogP contribution is 2.34. The molecule has 0 saturated carbocycles. The lowest BCUT2D eigenvalue weighted by molar-refractivity contribution is 0.102. The van der Waals surface area contributed by atoms with Crippen LogP contribution in [0, 0.1) is 0 Å². The normalized spacial score (nSPS) is 10.6. The molecule has 7 heteroatoms. The second kappa shape index (κ2) is 5.82. The minimum Gasteiger partial charge on any atom is -0.494 e. The quantitative estimate of drug-likeness (QED) is 0.764. The largest absolute Gasteiger partial charge is 0.494 e. The van der Waals surface area contributed by atoms with Crippen molar-refractivity contribution in [3.8, 4) is 5.75 Å². The van der Waals surface area contributed by atoms with E-state index in [1.54, 1.807) is 43.5 Å². The Morgan fingerprint density at radius 1 is 1.36 bits per heavy atom. The first-order valence-electron chi connectivity index (χ1n) is 6.38. The standard InChI is InChI=1S/C15H12ClN3O2S/c1-21-11-6-8(7-12-13(11)19-15(17)22-12)18-14(20)9-4-2-3-5-10(9)16/h2-7H,1H3,(H2,17,19)(H,18,20). The molecule has 0 radical (unpaired) electrons. The molecular weight excluding hydrogens is 322 g/mol. The second-order valence-corrected chi connectivity index (χ2v) is 5.98. The monoisotopic (exact) mass is 333 g/mol. The van der Waals surface area contributed by atoms with Gasteiger partial charge in [0.15, 0.2) is 5.13 Å². The van der Waals surface area contributed by atoms with Crippen LogP contribution in [0.2, 0.25) is 5.02 Å². The van der Waals surface area contributed by atoms with Gasteiger partial charge in [-0.3, -0.25) is 4.79 Å². The third-order valence-corrected chi connectivity index (χ3v) is 4.23. The lowest BCUT2D eigenvalue weighted by atomic mass is 10.2. The number of thiazole rings is 1. The SMILES string of the molecule is COc1cc(NC(=O)c2ccccc2Cl)cc2sc(N)nc12. The first kappa shape index (κ1) is 14.6. The Morgan fingerprint density at radius 2 is 2.14 bits per heavy atom. The van der Waals surface area contributed by atoms with Crippen LogP contribution in [0.15, 0.2) is 36.4 Å². The summed E-state index contributed by atoms with van der Waals surface area (Å²) in [7, 11) is 1.55. The fourth-order valence-corrected chi connectivity index (χ4v) is 3.10. The summed E-state index contributed by atoms with van der Waals surface area (Å²) < 4.78 is 6.14. The van der Waals surface area contributed by atoms with Gasteiger partial charge >= 0.3 is 0 Å². The third-order valence-electron chi connectivity index (χ3n) is 3.07. The summed E-state index contributed by atoms with van der Waals surface area (Å²) in [5.41, 5.74) is 7.41. The predicted octanol–water partition coefficient (Wildman–Crippen LogP) is 3.79. The van der Waals surface area contributed by atoms with E-state index >= 15 is 0 Å². The molecule has 1 heterocycles. The molecule has 1 amide bonds. The Morgan fingerprint density at radius 3 is 2.86 bits per heavy atom. The number of nitrogens with zero attached hydrogens (tertiary/aromatic N) is 1. The Bertz CT molecular complexity index is 863.